The summed E-state index contributed by atoms with van der Waals surface area (Å²) in [6, 6.07) is 39.5. The van der Waals surface area contributed by atoms with Crippen molar-refractivity contribution in [3.05, 3.63) is 144 Å². The normalized spacial score (nSPS) is 23.9. The second-order valence-electron chi connectivity index (χ2n) is 16.3. The summed E-state index contributed by atoms with van der Waals surface area (Å²) in [4.78, 5) is 15.0. The van der Waals surface area contributed by atoms with Crippen LogP contribution in [0.4, 0.5) is 4.79 Å². The summed E-state index contributed by atoms with van der Waals surface area (Å²) in [7, 11) is 0. The summed E-state index contributed by atoms with van der Waals surface area (Å²) in [5.41, 5.74) is 2.42. The van der Waals surface area contributed by atoms with Crippen LogP contribution in [0.25, 0.3) is 0 Å². The molecule has 0 radical (unpaired) electrons. The Balaban J connectivity index is 1.29. The summed E-state index contributed by atoms with van der Waals surface area (Å²) in [5, 5.41) is 11.8. The minimum atomic E-state index is -0.961. The molecule has 2 heterocycles. The van der Waals surface area contributed by atoms with Gasteiger partial charge in [0, 0.05) is 0 Å². The summed E-state index contributed by atoms with van der Waals surface area (Å²) in [5.74, 6) is 0. The van der Waals surface area contributed by atoms with Gasteiger partial charge in [-0.15, -0.1) is 0 Å². The standard InChI is InChI=1S/C47H59NO9/c1-46(2,3)57-45(50)48-38(32-55-47(48,4)5)39(49)26-27-40-42(52-29-35-20-12-7-13-21-35)44(54-31-37-24-16-9-17-25-37)43(53-30-36-22-14-8-15-23-36)41(56-40)33-51-28-34-18-10-6-11-19-34/h6-25,38-44,49H,26-33H2,1-5H3/t38-,39?,40+,41-,42+,43-,44-/m1/s1. The van der Waals surface area contributed by atoms with Crippen LogP contribution < -0.4 is 0 Å². The highest BCUT2D eigenvalue weighted by Crippen LogP contribution is 2.36. The monoisotopic (exact) mass is 781 g/mol. The van der Waals surface area contributed by atoms with Gasteiger partial charge in [0.1, 0.15) is 35.7 Å². The maximum absolute atomic E-state index is 13.5. The Morgan fingerprint density at radius 2 is 1.14 bits per heavy atom. The Morgan fingerprint density at radius 1 is 0.702 bits per heavy atom. The number of hydrogen-bond donors (Lipinski definition) is 1. The Bertz CT molecular complexity index is 1770. The van der Waals surface area contributed by atoms with Crippen LogP contribution in [-0.4, -0.2) is 83.3 Å². The molecule has 7 atom stereocenters. The number of benzene rings is 4. The maximum Gasteiger partial charge on any atom is 0.412 e. The van der Waals surface area contributed by atoms with Crippen molar-refractivity contribution >= 4 is 6.09 Å². The zero-order valence-corrected chi connectivity index (χ0v) is 33.9. The van der Waals surface area contributed by atoms with Gasteiger partial charge in [0.25, 0.3) is 0 Å². The van der Waals surface area contributed by atoms with Crippen molar-refractivity contribution in [3.63, 3.8) is 0 Å². The highest BCUT2D eigenvalue weighted by molar-refractivity contribution is 5.70. The lowest BCUT2D eigenvalue weighted by Crippen LogP contribution is -2.61. The number of aliphatic hydroxyl groups excluding tert-OH is 1. The Morgan fingerprint density at radius 3 is 1.61 bits per heavy atom. The van der Waals surface area contributed by atoms with Crippen molar-refractivity contribution in [2.45, 2.75) is 128 Å². The van der Waals surface area contributed by atoms with Crippen molar-refractivity contribution in [2.75, 3.05) is 13.2 Å². The molecule has 306 valence electrons. The topological polar surface area (TPSA) is 105 Å². The molecule has 2 aliphatic heterocycles. The van der Waals surface area contributed by atoms with Gasteiger partial charge in [0.15, 0.2) is 0 Å². The smallest absolute Gasteiger partial charge is 0.412 e. The fraction of sp³-hybridized carbons (Fsp3) is 0.468. The first-order valence-corrected chi connectivity index (χ1v) is 20.0. The summed E-state index contributed by atoms with van der Waals surface area (Å²) < 4.78 is 45.7. The quantitative estimate of drug-likeness (QED) is 0.113. The van der Waals surface area contributed by atoms with Gasteiger partial charge in [0.2, 0.25) is 0 Å². The molecular formula is C47H59NO9. The van der Waals surface area contributed by atoms with Gasteiger partial charge in [-0.2, -0.15) is 0 Å². The predicted molar refractivity (Wildman–Crippen MR) is 217 cm³/mol. The molecule has 4 aromatic carbocycles. The van der Waals surface area contributed by atoms with Crippen LogP contribution >= 0.6 is 0 Å². The van der Waals surface area contributed by atoms with E-state index in [1.807, 2.05) is 156 Å². The summed E-state index contributed by atoms with van der Waals surface area (Å²) >= 11 is 0. The van der Waals surface area contributed by atoms with Crippen LogP contribution in [0.5, 0.6) is 0 Å². The van der Waals surface area contributed by atoms with Gasteiger partial charge < -0.3 is 38.3 Å². The number of nitrogens with zero attached hydrogens (tertiary/aromatic N) is 1. The lowest BCUT2D eigenvalue weighted by molar-refractivity contribution is -0.274. The molecule has 4 aromatic rings. The van der Waals surface area contributed by atoms with Gasteiger partial charge in [-0.05, 0) is 69.7 Å². The molecule has 0 aliphatic carbocycles. The van der Waals surface area contributed by atoms with E-state index in [0.717, 1.165) is 22.3 Å². The summed E-state index contributed by atoms with van der Waals surface area (Å²) in [6.45, 7) is 10.9. The zero-order chi connectivity index (χ0) is 40.3. The predicted octanol–water partition coefficient (Wildman–Crippen LogP) is 8.24. The van der Waals surface area contributed by atoms with Gasteiger partial charge in [0.05, 0.1) is 57.9 Å². The van der Waals surface area contributed by atoms with Crippen LogP contribution in [0.1, 0.15) is 69.7 Å². The lowest BCUT2D eigenvalue weighted by Gasteiger charge is -2.46. The van der Waals surface area contributed by atoms with E-state index >= 15 is 0 Å². The van der Waals surface area contributed by atoms with Crippen LogP contribution in [0.2, 0.25) is 0 Å². The number of aliphatic hydroxyl groups is 1. The molecule has 1 amide bonds. The molecule has 6 rings (SSSR count). The number of ether oxygens (including phenoxy) is 7. The first-order valence-electron chi connectivity index (χ1n) is 20.0. The third-order valence-electron chi connectivity index (χ3n) is 10.3. The third-order valence-corrected chi connectivity index (χ3v) is 10.3. The maximum atomic E-state index is 13.5. The fourth-order valence-electron chi connectivity index (χ4n) is 7.43. The number of carbonyl (C=O) groups excluding carboxylic acids is 1. The van der Waals surface area contributed by atoms with Gasteiger partial charge in [-0.1, -0.05) is 121 Å². The first-order chi connectivity index (χ1) is 27.5. The Kier molecular flexibility index (Phi) is 14.9. The number of rotatable bonds is 17. The summed E-state index contributed by atoms with van der Waals surface area (Å²) in [6.07, 6.45) is -3.60. The molecule has 0 aromatic heterocycles. The number of amides is 1. The van der Waals surface area contributed by atoms with E-state index in [4.69, 9.17) is 33.2 Å². The van der Waals surface area contributed by atoms with Crippen molar-refractivity contribution in [2.24, 2.45) is 0 Å². The molecule has 2 saturated heterocycles. The van der Waals surface area contributed by atoms with Gasteiger partial charge in [-0.25, -0.2) is 4.79 Å². The van der Waals surface area contributed by atoms with Crippen LogP contribution in [0.15, 0.2) is 121 Å². The third kappa shape index (κ3) is 12.2. The largest absolute Gasteiger partial charge is 0.444 e. The van der Waals surface area contributed by atoms with Crippen molar-refractivity contribution in [3.8, 4) is 0 Å². The van der Waals surface area contributed by atoms with E-state index in [1.165, 1.54) is 4.90 Å². The van der Waals surface area contributed by atoms with Crippen molar-refractivity contribution in [1.29, 1.82) is 0 Å². The van der Waals surface area contributed by atoms with E-state index in [0.29, 0.717) is 32.8 Å². The van der Waals surface area contributed by atoms with E-state index in [9.17, 15) is 9.90 Å². The van der Waals surface area contributed by atoms with E-state index in [-0.39, 0.29) is 19.6 Å². The van der Waals surface area contributed by atoms with E-state index in [1.54, 1.807) is 0 Å². The molecule has 2 fully saturated rings. The lowest BCUT2D eigenvalue weighted by atomic mass is 9.90. The molecule has 0 spiro atoms. The molecule has 1 unspecified atom stereocenters. The minimum Gasteiger partial charge on any atom is -0.444 e. The minimum absolute atomic E-state index is 0.168. The molecular weight excluding hydrogens is 723 g/mol. The fourth-order valence-corrected chi connectivity index (χ4v) is 7.43. The second kappa shape index (κ2) is 20.0. The molecule has 1 N–H and O–H groups in total. The van der Waals surface area contributed by atoms with Crippen molar-refractivity contribution in [1.82, 2.24) is 4.90 Å². The van der Waals surface area contributed by atoms with Crippen LogP contribution in [-0.2, 0) is 59.6 Å². The van der Waals surface area contributed by atoms with Crippen LogP contribution in [0.3, 0.4) is 0 Å². The molecule has 10 nitrogen and oxygen atoms in total. The van der Waals surface area contributed by atoms with E-state index < -0.39 is 60.1 Å². The number of hydrogen-bond acceptors (Lipinski definition) is 9. The van der Waals surface area contributed by atoms with Crippen LogP contribution in [0, 0.1) is 0 Å². The zero-order valence-electron chi connectivity index (χ0n) is 33.9. The molecule has 57 heavy (non-hydrogen) atoms. The molecule has 10 heteroatoms. The molecule has 2 aliphatic rings. The SMILES string of the molecule is CC(C)(C)OC(=O)N1[C@@H](C(O)CC[C@@H]2O[C@H](COCc3ccccc3)[C@@H](OCc3ccccc3)[C@H](OCc3ccccc3)[C@H]2OCc2ccccc2)COC1(C)C. The highest BCUT2D eigenvalue weighted by Gasteiger charge is 2.51. The highest BCUT2D eigenvalue weighted by atomic mass is 16.6. The molecule has 0 bridgehead atoms. The second-order valence-corrected chi connectivity index (χ2v) is 16.3. The first kappa shape index (κ1) is 42.5. The average Bonchev–Trinajstić information content (AvgIpc) is 3.53. The van der Waals surface area contributed by atoms with Gasteiger partial charge in [-0.3, -0.25) is 4.90 Å². The average molecular weight is 782 g/mol. The number of carbonyl (C=O) groups is 1. The Labute approximate surface area is 337 Å². The Hall–Kier alpha value is -4.13. The van der Waals surface area contributed by atoms with E-state index in [2.05, 4.69) is 0 Å². The molecule has 0 saturated carbocycles. The van der Waals surface area contributed by atoms with Gasteiger partial charge >= 0.3 is 6.09 Å². The van der Waals surface area contributed by atoms with Crippen molar-refractivity contribution < 1.29 is 43.1 Å².